The number of likely N-dealkylation sites (N-methyl/N-ethyl adjacent to an activating group) is 1. The summed E-state index contributed by atoms with van der Waals surface area (Å²) in [5, 5.41) is 0. The van der Waals surface area contributed by atoms with E-state index in [0.29, 0.717) is 6.04 Å². The molecular formula is C9H19NO2S. The Kier molecular flexibility index (Phi) is 7.09. The standard InChI is InChI=1S/C9H19NO2S/c1-5-8(7-13-4)10(2)9(11)6-12-3/h8H,5-7H2,1-4H3/t8-/m1/s1. The molecule has 0 saturated carbocycles. The third-order valence-electron chi connectivity index (χ3n) is 2.04. The summed E-state index contributed by atoms with van der Waals surface area (Å²) in [5.74, 6) is 1.05. The van der Waals surface area contributed by atoms with Gasteiger partial charge in [-0.1, -0.05) is 6.92 Å². The number of ether oxygens (including phenoxy) is 1. The number of carbonyl (C=O) groups excluding carboxylic acids is 1. The molecule has 0 bridgehead atoms. The van der Waals surface area contributed by atoms with Crippen molar-refractivity contribution < 1.29 is 9.53 Å². The Morgan fingerprint density at radius 1 is 1.62 bits per heavy atom. The Hall–Kier alpha value is -0.220. The van der Waals surface area contributed by atoms with E-state index in [2.05, 4.69) is 13.2 Å². The molecule has 1 atom stereocenters. The van der Waals surface area contributed by atoms with Crippen LogP contribution in [0.25, 0.3) is 0 Å². The lowest BCUT2D eigenvalue weighted by Gasteiger charge is -2.26. The SMILES string of the molecule is CC[C@H](CSC)N(C)C(=O)COC. The molecule has 0 aromatic carbocycles. The van der Waals surface area contributed by atoms with Crippen LogP contribution in [0.5, 0.6) is 0 Å². The van der Waals surface area contributed by atoms with E-state index in [9.17, 15) is 4.79 Å². The van der Waals surface area contributed by atoms with Gasteiger partial charge in [0.15, 0.2) is 0 Å². The summed E-state index contributed by atoms with van der Waals surface area (Å²) in [5.41, 5.74) is 0. The number of nitrogens with zero attached hydrogens (tertiary/aromatic N) is 1. The molecule has 0 saturated heterocycles. The molecule has 13 heavy (non-hydrogen) atoms. The highest BCUT2D eigenvalue weighted by Crippen LogP contribution is 2.08. The molecule has 1 amide bonds. The van der Waals surface area contributed by atoms with Gasteiger partial charge in [-0.2, -0.15) is 11.8 Å². The van der Waals surface area contributed by atoms with Crippen LogP contribution in [-0.4, -0.2) is 49.6 Å². The fourth-order valence-corrected chi connectivity index (χ4v) is 1.97. The van der Waals surface area contributed by atoms with E-state index < -0.39 is 0 Å². The second kappa shape index (κ2) is 7.21. The van der Waals surface area contributed by atoms with Gasteiger partial charge in [-0.15, -0.1) is 0 Å². The van der Waals surface area contributed by atoms with Gasteiger partial charge < -0.3 is 9.64 Å². The molecule has 0 radical (unpaired) electrons. The first-order chi connectivity index (χ1) is 6.17. The minimum absolute atomic E-state index is 0.0587. The van der Waals surface area contributed by atoms with Crippen molar-refractivity contribution in [2.45, 2.75) is 19.4 Å². The van der Waals surface area contributed by atoms with E-state index in [0.717, 1.165) is 12.2 Å². The lowest BCUT2D eigenvalue weighted by Crippen LogP contribution is -2.40. The molecule has 78 valence electrons. The maximum Gasteiger partial charge on any atom is 0.248 e. The Morgan fingerprint density at radius 3 is 2.62 bits per heavy atom. The smallest absolute Gasteiger partial charge is 0.248 e. The Labute approximate surface area is 84.8 Å². The molecule has 3 nitrogen and oxygen atoms in total. The van der Waals surface area contributed by atoms with Crippen LogP contribution in [0.4, 0.5) is 0 Å². The van der Waals surface area contributed by atoms with E-state index >= 15 is 0 Å². The predicted octanol–water partition coefficient (Wildman–Crippen LogP) is 1.23. The van der Waals surface area contributed by atoms with Crippen LogP contribution in [0.2, 0.25) is 0 Å². The van der Waals surface area contributed by atoms with Crippen molar-refractivity contribution in [3.8, 4) is 0 Å². The topological polar surface area (TPSA) is 29.5 Å². The van der Waals surface area contributed by atoms with E-state index in [4.69, 9.17) is 4.74 Å². The van der Waals surface area contributed by atoms with Gasteiger partial charge in [0.05, 0.1) is 0 Å². The molecule has 0 unspecified atom stereocenters. The molecular weight excluding hydrogens is 186 g/mol. The lowest BCUT2D eigenvalue weighted by molar-refractivity contribution is -0.135. The molecule has 0 aromatic rings. The van der Waals surface area contributed by atoms with E-state index in [1.807, 2.05) is 7.05 Å². The lowest BCUT2D eigenvalue weighted by atomic mass is 10.2. The molecule has 0 spiro atoms. The maximum absolute atomic E-state index is 11.4. The second-order valence-corrected chi connectivity index (χ2v) is 3.87. The van der Waals surface area contributed by atoms with Crippen LogP contribution < -0.4 is 0 Å². The minimum Gasteiger partial charge on any atom is -0.375 e. The predicted molar refractivity (Wildman–Crippen MR) is 57.1 cm³/mol. The highest BCUT2D eigenvalue weighted by molar-refractivity contribution is 7.98. The Bertz CT molecular complexity index is 153. The molecule has 0 aliphatic heterocycles. The molecule has 0 fully saturated rings. The van der Waals surface area contributed by atoms with Crippen LogP contribution in [0, 0.1) is 0 Å². The average Bonchev–Trinajstić information content (AvgIpc) is 2.13. The zero-order valence-corrected chi connectivity index (χ0v) is 9.69. The number of thioether (sulfide) groups is 1. The third-order valence-corrected chi connectivity index (χ3v) is 2.76. The van der Waals surface area contributed by atoms with Crippen LogP contribution in [0.1, 0.15) is 13.3 Å². The van der Waals surface area contributed by atoms with Gasteiger partial charge >= 0.3 is 0 Å². The summed E-state index contributed by atoms with van der Waals surface area (Å²) in [6, 6.07) is 0.331. The molecule has 0 aliphatic carbocycles. The van der Waals surface area contributed by atoms with Crippen molar-refractivity contribution in [2.75, 3.05) is 32.8 Å². The Morgan fingerprint density at radius 2 is 2.23 bits per heavy atom. The fourth-order valence-electron chi connectivity index (χ4n) is 1.12. The highest BCUT2D eigenvalue weighted by atomic mass is 32.2. The third kappa shape index (κ3) is 4.52. The van der Waals surface area contributed by atoms with E-state index in [-0.39, 0.29) is 12.5 Å². The molecule has 0 rings (SSSR count). The number of hydrogen-bond acceptors (Lipinski definition) is 3. The van der Waals surface area contributed by atoms with Crippen molar-refractivity contribution in [2.24, 2.45) is 0 Å². The van der Waals surface area contributed by atoms with Crippen LogP contribution in [0.3, 0.4) is 0 Å². The molecule has 0 aromatic heterocycles. The normalized spacial score (nSPS) is 12.6. The fraction of sp³-hybridized carbons (Fsp3) is 0.889. The highest BCUT2D eigenvalue weighted by Gasteiger charge is 2.16. The average molecular weight is 205 g/mol. The van der Waals surface area contributed by atoms with Crippen LogP contribution >= 0.6 is 11.8 Å². The van der Waals surface area contributed by atoms with Gasteiger partial charge in [0.25, 0.3) is 0 Å². The van der Waals surface area contributed by atoms with Crippen molar-refractivity contribution in [3.63, 3.8) is 0 Å². The summed E-state index contributed by atoms with van der Waals surface area (Å²) in [4.78, 5) is 13.2. The zero-order chi connectivity index (χ0) is 10.3. The van der Waals surface area contributed by atoms with Crippen molar-refractivity contribution in [3.05, 3.63) is 0 Å². The van der Waals surface area contributed by atoms with Gasteiger partial charge in [0.2, 0.25) is 5.91 Å². The number of carbonyl (C=O) groups is 1. The number of amides is 1. The van der Waals surface area contributed by atoms with E-state index in [1.165, 1.54) is 0 Å². The van der Waals surface area contributed by atoms with Gasteiger partial charge in [-0.25, -0.2) is 0 Å². The first-order valence-electron chi connectivity index (χ1n) is 4.40. The van der Waals surface area contributed by atoms with Crippen molar-refractivity contribution in [1.82, 2.24) is 4.90 Å². The van der Waals surface area contributed by atoms with Crippen molar-refractivity contribution >= 4 is 17.7 Å². The number of hydrogen-bond donors (Lipinski definition) is 0. The summed E-state index contributed by atoms with van der Waals surface area (Å²) >= 11 is 1.76. The zero-order valence-electron chi connectivity index (χ0n) is 8.87. The summed E-state index contributed by atoms with van der Waals surface area (Å²) in [6.45, 7) is 2.28. The van der Waals surface area contributed by atoms with Gasteiger partial charge in [-0.3, -0.25) is 4.79 Å². The monoisotopic (exact) mass is 205 g/mol. The van der Waals surface area contributed by atoms with Crippen molar-refractivity contribution in [1.29, 1.82) is 0 Å². The first-order valence-corrected chi connectivity index (χ1v) is 5.80. The van der Waals surface area contributed by atoms with Gasteiger partial charge in [0, 0.05) is 26.0 Å². The minimum atomic E-state index is 0.0587. The van der Waals surface area contributed by atoms with E-state index in [1.54, 1.807) is 23.8 Å². The summed E-state index contributed by atoms with van der Waals surface area (Å²) < 4.78 is 4.80. The molecule has 0 heterocycles. The molecule has 4 heteroatoms. The number of methoxy groups -OCH3 is 1. The quantitative estimate of drug-likeness (QED) is 0.653. The van der Waals surface area contributed by atoms with Gasteiger partial charge in [-0.05, 0) is 12.7 Å². The summed E-state index contributed by atoms with van der Waals surface area (Å²) in [6.07, 6.45) is 3.05. The Balaban J connectivity index is 4.02. The van der Waals surface area contributed by atoms with Crippen LogP contribution in [0.15, 0.2) is 0 Å². The largest absolute Gasteiger partial charge is 0.375 e. The molecule has 0 aliphatic rings. The second-order valence-electron chi connectivity index (χ2n) is 2.96. The summed E-state index contributed by atoms with van der Waals surface area (Å²) in [7, 11) is 3.38. The number of rotatable bonds is 6. The maximum atomic E-state index is 11.4. The van der Waals surface area contributed by atoms with Crippen LogP contribution in [-0.2, 0) is 9.53 Å². The van der Waals surface area contributed by atoms with Gasteiger partial charge in [0.1, 0.15) is 6.61 Å². The first kappa shape index (κ1) is 12.8. The molecule has 0 N–H and O–H groups in total.